The summed E-state index contributed by atoms with van der Waals surface area (Å²) >= 11 is 0. The number of alkyl carbamates (subject to hydrolysis) is 1. The van der Waals surface area contributed by atoms with Crippen LogP contribution in [0.3, 0.4) is 0 Å². The first-order valence-electron chi connectivity index (χ1n) is 8.13. The zero-order chi connectivity index (χ0) is 15.5. The number of carbonyl (C=O) groups excluding carboxylic acids is 2. The summed E-state index contributed by atoms with van der Waals surface area (Å²) in [6.45, 7) is 5.47. The Labute approximate surface area is 127 Å². The highest BCUT2D eigenvalue weighted by Gasteiger charge is 2.31. The molecule has 0 unspecified atom stereocenters. The van der Waals surface area contributed by atoms with Gasteiger partial charge in [-0.05, 0) is 46.0 Å². The Morgan fingerprint density at radius 2 is 1.76 bits per heavy atom. The second-order valence-electron chi connectivity index (χ2n) is 7.37. The van der Waals surface area contributed by atoms with Crippen molar-refractivity contribution in [2.24, 2.45) is 5.92 Å². The van der Waals surface area contributed by atoms with E-state index in [1.165, 1.54) is 12.8 Å². The Hall–Kier alpha value is -1.26. The maximum Gasteiger partial charge on any atom is 0.408 e. The highest BCUT2D eigenvalue weighted by molar-refractivity contribution is 5.86. The van der Waals surface area contributed by atoms with Gasteiger partial charge < -0.3 is 15.4 Å². The predicted octanol–water partition coefficient (Wildman–Crippen LogP) is 2.74. The van der Waals surface area contributed by atoms with Crippen LogP contribution >= 0.6 is 0 Å². The van der Waals surface area contributed by atoms with E-state index in [9.17, 15) is 9.59 Å². The van der Waals surface area contributed by atoms with E-state index < -0.39 is 17.7 Å². The molecule has 5 nitrogen and oxygen atoms in total. The van der Waals surface area contributed by atoms with Crippen molar-refractivity contribution in [1.29, 1.82) is 0 Å². The van der Waals surface area contributed by atoms with Gasteiger partial charge in [0.25, 0.3) is 0 Å². The Kier molecular flexibility index (Phi) is 5.12. The lowest BCUT2D eigenvalue weighted by Gasteiger charge is -2.24. The summed E-state index contributed by atoms with van der Waals surface area (Å²) in [6.07, 6.45) is 7.09. The molecule has 0 spiro atoms. The van der Waals surface area contributed by atoms with Gasteiger partial charge in [0.15, 0.2) is 0 Å². The van der Waals surface area contributed by atoms with Gasteiger partial charge in [0.2, 0.25) is 5.91 Å². The van der Waals surface area contributed by atoms with Crippen molar-refractivity contribution in [3.05, 3.63) is 0 Å². The second-order valence-corrected chi connectivity index (χ2v) is 7.37. The van der Waals surface area contributed by atoms with Crippen molar-refractivity contribution in [3.63, 3.8) is 0 Å². The molecule has 0 heterocycles. The first-order chi connectivity index (χ1) is 9.83. The molecule has 2 rings (SSSR count). The SMILES string of the molecule is CC(C)(C)OC(=O)N[C@@H](CC1CCCC1)C(=O)NC1CC1. The Bertz CT molecular complexity index is 379. The number of carbonyl (C=O) groups is 2. The molecule has 2 amide bonds. The number of hydrogen-bond acceptors (Lipinski definition) is 3. The number of ether oxygens (including phenoxy) is 1. The molecule has 0 saturated heterocycles. The fraction of sp³-hybridized carbons (Fsp3) is 0.875. The molecule has 2 saturated carbocycles. The Balaban J connectivity index is 1.89. The van der Waals surface area contributed by atoms with Gasteiger partial charge in [-0.3, -0.25) is 4.79 Å². The molecule has 2 aliphatic carbocycles. The molecule has 0 aliphatic heterocycles. The van der Waals surface area contributed by atoms with Crippen LogP contribution in [-0.2, 0) is 9.53 Å². The predicted molar refractivity (Wildman–Crippen MR) is 80.9 cm³/mol. The maximum atomic E-state index is 12.3. The van der Waals surface area contributed by atoms with E-state index >= 15 is 0 Å². The van der Waals surface area contributed by atoms with Crippen LogP contribution in [0.1, 0.15) is 65.7 Å². The topological polar surface area (TPSA) is 67.4 Å². The summed E-state index contributed by atoms with van der Waals surface area (Å²) < 4.78 is 5.27. The molecule has 1 atom stereocenters. The Morgan fingerprint density at radius 3 is 2.29 bits per heavy atom. The van der Waals surface area contributed by atoms with E-state index in [2.05, 4.69) is 10.6 Å². The lowest BCUT2D eigenvalue weighted by atomic mass is 9.98. The van der Waals surface area contributed by atoms with Gasteiger partial charge in [0.1, 0.15) is 11.6 Å². The molecular formula is C16H28N2O3. The first-order valence-corrected chi connectivity index (χ1v) is 8.13. The molecule has 2 fully saturated rings. The van der Waals surface area contributed by atoms with Gasteiger partial charge in [-0.25, -0.2) is 4.79 Å². The van der Waals surface area contributed by atoms with Gasteiger partial charge in [-0.1, -0.05) is 25.7 Å². The van der Waals surface area contributed by atoms with Crippen molar-refractivity contribution in [2.45, 2.75) is 83.4 Å². The van der Waals surface area contributed by atoms with E-state index in [4.69, 9.17) is 4.74 Å². The van der Waals surface area contributed by atoms with Crippen LogP contribution in [0.5, 0.6) is 0 Å². The molecular weight excluding hydrogens is 268 g/mol. The number of hydrogen-bond donors (Lipinski definition) is 2. The van der Waals surface area contributed by atoms with Crippen molar-refractivity contribution < 1.29 is 14.3 Å². The molecule has 21 heavy (non-hydrogen) atoms. The van der Waals surface area contributed by atoms with E-state index in [-0.39, 0.29) is 5.91 Å². The molecule has 120 valence electrons. The molecule has 0 bridgehead atoms. The van der Waals surface area contributed by atoms with Crippen molar-refractivity contribution in [1.82, 2.24) is 10.6 Å². The van der Waals surface area contributed by atoms with Crippen LogP contribution < -0.4 is 10.6 Å². The minimum absolute atomic E-state index is 0.0599. The average molecular weight is 296 g/mol. The standard InChI is InChI=1S/C16H28N2O3/c1-16(2,3)21-15(20)18-13(10-11-6-4-5-7-11)14(19)17-12-8-9-12/h11-13H,4-10H2,1-3H3,(H,17,19)(H,18,20)/t13-/m0/s1. The molecule has 2 aliphatic rings. The third-order valence-corrected chi connectivity index (χ3v) is 3.97. The van der Waals surface area contributed by atoms with Gasteiger partial charge >= 0.3 is 6.09 Å². The zero-order valence-electron chi connectivity index (χ0n) is 13.4. The number of amides is 2. The second kappa shape index (κ2) is 6.67. The lowest BCUT2D eigenvalue weighted by molar-refractivity contribution is -0.123. The normalized spacial score (nSPS) is 20.9. The van der Waals surface area contributed by atoms with E-state index in [0.29, 0.717) is 12.0 Å². The molecule has 5 heteroatoms. The molecule has 0 aromatic heterocycles. The van der Waals surface area contributed by atoms with Gasteiger partial charge in [-0.2, -0.15) is 0 Å². The average Bonchev–Trinajstić information content (AvgIpc) is 3.00. The van der Waals surface area contributed by atoms with Crippen LogP contribution in [0.4, 0.5) is 4.79 Å². The minimum Gasteiger partial charge on any atom is -0.444 e. The summed E-state index contributed by atoms with van der Waals surface area (Å²) in [5.74, 6) is 0.477. The summed E-state index contributed by atoms with van der Waals surface area (Å²) in [6, 6.07) is -0.160. The van der Waals surface area contributed by atoms with Crippen LogP contribution in [-0.4, -0.2) is 29.7 Å². The van der Waals surface area contributed by atoms with Crippen molar-refractivity contribution in [2.75, 3.05) is 0 Å². The molecule has 0 radical (unpaired) electrons. The van der Waals surface area contributed by atoms with E-state index in [1.807, 2.05) is 20.8 Å². The quantitative estimate of drug-likeness (QED) is 0.819. The zero-order valence-corrected chi connectivity index (χ0v) is 13.4. The Morgan fingerprint density at radius 1 is 1.14 bits per heavy atom. The third-order valence-electron chi connectivity index (χ3n) is 3.97. The smallest absolute Gasteiger partial charge is 0.408 e. The number of nitrogens with one attached hydrogen (secondary N) is 2. The molecule has 0 aromatic rings. The molecule has 2 N–H and O–H groups in total. The highest BCUT2D eigenvalue weighted by Crippen LogP contribution is 2.29. The number of rotatable bonds is 5. The minimum atomic E-state index is -0.547. The summed E-state index contributed by atoms with van der Waals surface area (Å²) in [4.78, 5) is 24.2. The van der Waals surface area contributed by atoms with Crippen LogP contribution in [0.2, 0.25) is 0 Å². The van der Waals surface area contributed by atoms with Crippen LogP contribution in [0, 0.1) is 5.92 Å². The van der Waals surface area contributed by atoms with Crippen LogP contribution in [0.25, 0.3) is 0 Å². The fourth-order valence-corrected chi connectivity index (χ4v) is 2.79. The first kappa shape index (κ1) is 16.1. The largest absolute Gasteiger partial charge is 0.444 e. The summed E-state index contributed by atoms with van der Waals surface area (Å²) in [7, 11) is 0. The van der Waals surface area contributed by atoms with Crippen LogP contribution in [0.15, 0.2) is 0 Å². The van der Waals surface area contributed by atoms with E-state index in [1.54, 1.807) is 0 Å². The van der Waals surface area contributed by atoms with E-state index in [0.717, 1.165) is 32.1 Å². The molecule has 0 aromatic carbocycles. The van der Waals surface area contributed by atoms with Crippen molar-refractivity contribution in [3.8, 4) is 0 Å². The monoisotopic (exact) mass is 296 g/mol. The lowest BCUT2D eigenvalue weighted by Crippen LogP contribution is -2.49. The van der Waals surface area contributed by atoms with Gasteiger partial charge in [0, 0.05) is 6.04 Å². The highest BCUT2D eigenvalue weighted by atomic mass is 16.6. The van der Waals surface area contributed by atoms with Gasteiger partial charge in [0.05, 0.1) is 0 Å². The van der Waals surface area contributed by atoms with Gasteiger partial charge in [-0.15, -0.1) is 0 Å². The summed E-state index contributed by atoms with van der Waals surface area (Å²) in [5.41, 5.74) is -0.547. The third kappa shape index (κ3) is 5.94. The maximum absolute atomic E-state index is 12.3. The fourth-order valence-electron chi connectivity index (χ4n) is 2.79. The summed E-state index contributed by atoms with van der Waals surface area (Å²) in [5, 5.41) is 5.75. The van der Waals surface area contributed by atoms with Crippen molar-refractivity contribution >= 4 is 12.0 Å².